The van der Waals surface area contributed by atoms with Crippen LogP contribution in [0.2, 0.25) is 0 Å². The van der Waals surface area contributed by atoms with Gasteiger partial charge in [0.15, 0.2) is 16.6 Å². The number of fused-ring (bicyclic) bond motifs is 1. The lowest BCUT2D eigenvalue weighted by Crippen LogP contribution is -2.15. The normalized spacial score (nSPS) is 12.5. The van der Waals surface area contributed by atoms with E-state index >= 15 is 0 Å². The van der Waals surface area contributed by atoms with Gasteiger partial charge in [-0.15, -0.1) is 0 Å². The van der Waals surface area contributed by atoms with Crippen molar-refractivity contribution in [3.8, 4) is 23.3 Å². The van der Waals surface area contributed by atoms with Crippen molar-refractivity contribution < 1.29 is 14.3 Å². The molecule has 1 aliphatic heterocycles. The van der Waals surface area contributed by atoms with E-state index in [-0.39, 0.29) is 5.12 Å². The van der Waals surface area contributed by atoms with Gasteiger partial charge in [0.05, 0.1) is 5.75 Å². The molecule has 0 aromatic heterocycles. The predicted molar refractivity (Wildman–Crippen MR) is 67.4 cm³/mol. The molecule has 0 saturated carbocycles. The topological polar surface area (TPSA) is 35.5 Å². The molecule has 1 aromatic carbocycles. The van der Waals surface area contributed by atoms with E-state index in [1.54, 1.807) is 0 Å². The van der Waals surface area contributed by atoms with Crippen LogP contribution in [0, 0.1) is 11.8 Å². The van der Waals surface area contributed by atoms with Gasteiger partial charge in [-0.2, -0.15) is 0 Å². The maximum atomic E-state index is 10.7. The summed E-state index contributed by atoms with van der Waals surface area (Å²) in [5, 5.41) is 0.0847. The van der Waals surface area contributed by atoms with Crippen molar-refractivity contribution in [2.45, 2.75) is 6.92 Å². The first-order valence-corrected chi connectivity index (χ1v) is 6.26. The largest absolute Gasteiger partial charge is 0.486 e. The Morgan fingerprint density at radius 2 is 2.12 bits per heavy atom. The summed E-state index contributed by atoms with van der Waals surface area (Å²) in [6, 6.07) is 5.61. The van der Waals surface area contributed by atoms with E-state index in [0.29, 0.717) is 19.0 Å². The van der Waals surface area contributed by atoms with Crippen LogP contribution in [0.25, 0.3) is 0 Å². The number of benzene rings is 1. The van der Waals surface area contributed by atoms with Gasteiger partial charge in [0.25, 0.3) is 0 Å². The van der Waals surface area contributed by atoms with E-state index in [4.69, 9.17) is 9.47 Å². The molecule has 1 heterocycles. The van der Waals surface area contributed by atoms with E-state index in [1.165, 1.54) is 18.7 Å². The molecule has 88 valence electrons. The molecule has 0 fully saturated rings. The van der Waals surface area contributed by atoms with E-state index < -0.39 is 0 Å². The van der Waals surface area contributed by atoms with Gasteiger partial charge in [0.1, 0.15) is 13.2 Å². The van der Waals surface area contributed by atoms with E-state index in [1.807, 2.05) is 18.2 Å². The highest BCUT2D eigenvalue weighted by molar-refractivity contribution is 8.13. The first-order chi connectivity index (χ1) is 8.25. The average Bonchev–Trinajstić information content (AvgIpc) is 2.34. The van der Waals surface area contributed by atoms with Crippen LogP contribution in [0.15, 0.2) is 18.2 Å². The molecule has 0 aliphatic carbocycles. The summed E-state index contributed by atoms with van der Waals surface area (Å²) in [5.41, 5.74) is 0.874. The second-order valence-electron chi connectivity index (χ2n) is 3.44. The van der Waals surface area contributed by atoms with E-state index in [2.05, 4.69) is 11.8 Å². The molecule has 0 radical (unpaired) electrons. The quantitative estimate of drug-likeness (QED) is 0.713. The SMILES string of the molecule is CC(=O)SCC#Cc1ccc2c(c1)OCCO2. The highest BCUT2D eigenvalue weighted by atomic mass is 32.2. The molecule has 0 unspecified atom stereocenters. The number of carbonyl (C=O) groups is 1. The zero-order valence-corrected chi connectivity index (χ0v) is 10.3. The van der Waals surface area contributed by atoms with Crippen LogP contribution >= 0.6 is 11.8 Å². The number of thioether (sulfide) groups is 1. The molecule has 0 N–H and O–H groups in total. The molecule has 3 nitrogen and oxygen atoms in total. The minimum atomic E-state index is 0.0847. The number of carbonyl (C=O) groups excluding carboxylic acids is 1. The molecular weight excluding hydrogens is 236 g/mol. The highest BCUT2D eigenvalue weighted by Crippen LogP contribution is 2.30. The summed E-state index contributed by atoms with van der Waals surface area (Å²) in [7, 11) is 0. The second-order valence-corrected chi connectivity index (χ2v) is 4.59. The maximum Gasteiger partial charge on any atom is 0.186 e. The predicted octanol–water partition coefficient (Wildman–Crippen LogP) is 2.09. The van der Waals surface area contributed by atoms with Crippen molar-refractivity contribution in [3.05, 3.63) is 23.8 Å². The van der Waals surface area contributed by atoms with Crippen LogP contribution < -0.4 is 9.47 Å². The van der Waals surface area contributed by atoms with Crippen molar-refractivity contribution >= 4 is 16.9 Å². The third kappa shape index (κ3) is 3.43. The molecular formula is C13H12O3S. The molecule has 1 aromatic rings. The first kappa shape index (κ1) is 11.9. The van der Waals surface area contributed by atoms with Crippen LogP contribution in [-0.2, 0) is 4.79 Å². The standard InChI is InChI=1S/C13H12O3S/c1-10(14)17-8-2-3-11-4-5-12-13(9-11)16-7-6-15-12/h4-5,9H,6-8H2,1H3. The monoisotopic (exact) mass is 248 g/mol. The second kappa shape index (κ2) is 5.65. The maximum absolute atomic E-state index is 10.7. The minimum absolute atomic E-state index is 0.0847. The Labute approximate surface area is 104 Å². The third-order valence-electron chi connectivity index (χ3n) is 2.12. The Kier molecular flexibility index (Phi) is 3.94. The van der Waals surface area contributed by atoms with Crippen LogP contribution in [0.4, 0.5) is 0 Å². The first-order valence-electron chi connectivity index (χ1n) is 5.27. The summed E-state index contributed by atoms with van der Waals surface area (Å²) in [5.74, 6) is 7.95. The Balaban J connectivity index is 2.04. The number of hydrogen-bond donors (Lipinski definition) is 0. The van der Waals surface area contributed by atoms with Gasteiger partial charge in [-0.3, -0.25) is 4.79 Å². The Morgan fingerprint density at radius 3 is 2.88 bits per heavy atom. The van der Waals surface area contributed by atoms with Gasteiger partial charge in [-0.05, 0) is 18.2 Å². The van der Waals surface area contributed by atoms with Gasteiger partial charge in [-0.25, -0.2) is 0 Å². The van der Waals surface area contributed by atoms with Gasteiger partial charge >= 0.3 is 0 Å². The van der Waals surface area contributed by atoms with Crippen molar-refractivity contribution in [3.63, 3.8) is 0 Å². The fourth-order valence-corrected chi connectivity index (χ4v) is 1.74. The average molecular weight is 248 g/mol. The molecule has 0 saturated heterocycles. The summed E-state index contributed by atoms with van der Waals surface area (Å²) >= 11 is 1.21. The molecule has 0 atom stereocenters. The molecule has 0 amide bonds. The van der Waals surface area contributed by atoms with Crippen LogP contribution in [0.5, 0.6) is 11.5 Å². The van der Waals surface area contributed by atoms with Crippen LogP contribution in [0.1, 0.15) is 12.5 Å². The van der Waals surface area contributed by atoms with Crippen molar-refractivity contribution in [1.29, 1.82) is 0 Å². The smallest absolute Gasteiger partial charge is 0.186 e. The number of hydrogen-bond acceptors (Lipinski definition) is 4. The fourth-order valence-electron chi connectivity index (χ4n) is 1.40. The molecule has 4 heteroatoms. The molecule has 1 aliphatic rings. The number of ether oxygens (including phenoxy) is 2. The molecule has 2 rings (SSSR count). The van der Waals surface area contributed by atoms with Crippen LogP contribution in [0.3, 0.4) is 0 Å². The van der Waals surface area contributed by atoms with Crippen molar-refractivity contribution in [1.82, 2.24) is 0 Å². The van der Waals surface area contributed by atoms with E-state index in [0.717, 1.165) is 17.1 Å². The molecule has 0 bridgehead atoms. The molecule has 17 heavy (non-hydrogen) atoms. The Morgan fingerprint density at radius 1 is 1.35 bits per heavy atom. The highest BCUT2D eigenvalue weighted by Gasteiger charge is 2.10. The van der Waals surface area contributed by atoms with Gasteiger partial charge in [-0.1, -0.05) is 23.6 Å². The minimum Gasteiger partial charge on any atom is -0.486 e. The van der Waals surface area contributed by atoms with Gasteiger partial charge in [0, 0.05) is 12.5 Å². The lowest BCUT2D eigenvalue weighted by molar-refractivity contribution is -0.109. The zero-order chi connectivity index (χ0) is 12.1. The summed E-state index contributed by atoms with van der Waals surface area (Å²) in [4.78, 5) is 10.7. The van der Waals surface area contributed by atoms with Crippen LogP contribution in [-0.4, -0.2) is 24.1 Å². The zero-order valence-electron chi connectivity index (χ0n) is 9.49. The van der Waals surface area contributed by atoms with Gasteiger partial charge < -0.3 is 9.47 Å². The lowest BCUT2D eigenvalue weighted by atomic mass is 10.2. The lowest BCUT2D eigenvalue weighted by Gasteiger charge is -2.17. The van der Waals surface area contributed by atoms with Gasteiger partial charge in [0.2, 0.25) is 0 Å². The van der Waals surface area contributed by atoms with Crippen molar-refractivity contribution in [2.24, 2.45) is 0 Å². The fraction of sp³-hybridized carbons (Fsp3) is 0.308. The van der Waals surface area contributed by atoms with E-state index in [9.17, 15) is 4.79 Å². The molecule has 0 spiro atoms. The third-order valence-corrected chi connectivity index (χ3v) is 2.82. The summed E-state index contributed by atoms with van der Waals surface area (Å²) in [6.07, 6.45) is 0. The Hall–Kier alpha value is -1.60. The Bertz CT molecular complexity index is 485. The summed E-state index contributed by atoms with van der Waals surface area (Å²) < 4.78 is 10.9. The summed E-state index contributed by atoms with van der Waals surface area (Å²) in [6.45, 7) is 2.70. The van der Waals surface area contributed by atoms with Crippen molar-refractivity contribution in [2.75, 3.05) is 19.0 Å². The number of rotatable bonds is 1.